The highest BCUT2D eigenvalue weighted by atomic mass is 19.1. The summed E-state index contributed by atoms with van der Waals surface area (Å²) in [6.45, 7) is 2.45. The molecular weight excluding hydrogens is 351 g/mol. The Labute approximate surface area is 154 Å². The third-order valence-electron chi connectivity index (χ3n) is 4.44. The number of amides is 2. The zero-order valence-corrected chi connectivity index (χ0v) is 14.5. The van der Waals surface area contributed by atoms with Crippen LogP contribution in [0.3, 0.4) is 0 Å². The van der Waals surface area contributed by atoms with Crippen molar-refractivity contribution >= 4 is 11.8 Å². The molecule has 4 rings (SSSR count). The summed E-state index contributed by atoms with van der Waals surface area (Å²) >= 11 is 0. The number of rotatable bonds is 3. The Morgan fingerprint density at radius 2 is 2.15 bits per heavy atom. The second-order valence-corrected chi connectivity index (χ2v) is 6.32. The number of H-pyrrole nitrogens is 1. The van der Waals surface area contributed by atoms with Crippen molar-refractivity contribution in [3.8, 4) is 11.5 Å². The summed E-state index contributed by atoms with van der Waals surface area (Å²) in [5.74, 6) is 0.0829. The van der Waals surface area contributed by atoms with Crippen LogP contribution in [0.15, 0.2) is 46.9 Å². The molecule has 1 saturated heterocycles. The maximum absolute atomic E-state index is 13.6. The molecule has 27 heavy (non-hydrogen) atoms. The second-order valence-electron chi connectivity index (χ2n) is 6.32. The minimum Gasteiger partial charge on any atom is -0.460 e. The van der Waals surface area contributed by atoms with Crippen molar-refractivity contribution in [1.29, 1.82) is 0 Å². The predicted octanol–water partition coefficient (Wildman–Crippen LogP) is 2.43. The number of aryl methyl sites for hydroxylation is 1. The average molecular weight is 368 g/mol. The number of aromatic nitrogens is 2. The van der Waals surface area contributed by atoms with Gasteiger partial charge in [-0.25, -0.2) is 4.39 Å². The molecule has 0 saturated carbocycles. The fraction of sp³-hybridized carbons (Fsp3) is 0.211. The highest BCUT2D eigenvalue weighted by Gasteiger charge is 2.36. The van der Waals surface area contributed by atoms with Crippen molar-refractivity contribution < 1.29 is 18.4 Å². The lowest BCUT2D eigenvalue weighted by Gasteiger charge is -2.34. The Balaban J connectivity index is 1.65. The predicted molar refractivity (Wildman–Crippen MR) is 94.2 cm³/mol. The number of nitrogens with one attached hydrogen (secondary N) is 2. The van der Waals surface area contributed by atoms with Gasteiger partial charge in [0.05, 0.1) is 0 Å². The summed E-state index contributed by atoms with van der Waals surface area (Å²) in [5.41, 5.74) is 1.14. The highest BCUT2D eigenvalue weighted by molar-refractivity contribution is 5.97. The molecule has 1 atom stereocenters. The topological polar surface area (TPSA) is 91.2 Å². The molecule has 0 bridgehead atoms. The van der Waals surface area contributed by atoms with Gasteiger partial charge in [-0.2, -0.15) is 5.10 Å². The number of benzene rings is 1. The van der Waals surface area contributed by atoms with E-state index >= 15 is 0 Å². The van der Waals surface area contributed by atoms with Gasteiger partial charge in [0.25, 0.3) is 5.91 Å². The van der Waals surface area contributed by atoms with Crippen LogP contribution in [-0.4, -0.2) is 40.0 Å². The monoisotopic (exact) mass is 368 g/mol. The van der Waals surface area contributed by atoms with E-state index in [2.05, 4.69) is 15.5 Å². The number of piperazine rings is 1. The molecular formula is C19H17FN4O3. The highest BCUT2D eigenvalue weighted by Crippen LogP contribution is 2.27. The van der Waals surface area contributed by atoms with Crippen LogP contribution in [0.25, 0.3) is 11.5 Å². The summed E-state index contributed by atoms with van der Waals surface area (Å²) < 4.78 is 19.2. The average Bonchev–Trinajstić information content (AvgIpc) is 3.30. The van der Waals surface area contributed by atoms with Crippen LogP contribution >= 0.6 is 0 Å². The van der Waals surface area contributed by atoms with Gasteiger partial charge in [-0.05, 0) is 36.8 Å². The maximum Gasteiger partial charge on any atom is 0.275 e. The Kier molecular flexibility index (Phi) is 4.23. The molecule has 1 aromatic carbocycles. The normalized spacial score (nSPS) is 17.0. The number of aromatic amines is 1. The van der Waals surface area contributed by atoms with Gasteiger partial charge in [-0.15, -0.1) is 0 Å². The summed E-state index contributed by atoms with van der Waals surface area (Å²) in [6.07, 6.45) is 0. The third-order valence-corrected chi connectivity index (χ3v) is 4.44. The molecule has 8 heteroatoms. The van der Waals surface area contributed by atoms with Crippen molar-refractivity contribution in [3.05, 3.63) is 65.3 Å². The first-order chi connectivity index (χ1) is 13.0. The summed E-state index contributed by atoms with van der Waals surface area (Å²) in [4.78, 5) is 26.8. The first kappa shape index (κ1) is 17.0. The van der Waals surface area contributed by atoms with Crippen LogP contribution in [0.4, 0.5) is 4.39 Å². The van der Waals surface area contributed by atoms with E-state index in [0.29, 0.717) is 30.1 Å². The zero-order valence-electron chi connectivity index (χ0n) is 14.5. The van der Waals surface area contributed by atoms with Crippen LogP contribution in [-0.2, 0) is 4.79 Å². The largest absolute Gasteiger partial charge is 0.460 e. The van der Waals surface area contributed by atoms with Gasteiger partial charge in [0.15, 0.2) is 11.5 Å². The minimum absolute atomic E-state index is 0.162. The van der Waals surface area contributed by atoms with Crippen LogP contribution < -0.4 is 5.32 Å². The van der Waals surface area contributed by atoms with E-state index in [1.807, 2.05) is 13.0 Å². The van der Waals surface area contributed by atoms with Crippen molar-refractivity contribution in [3.63, 3.8) is 0 Å². The minimum atomic E-state index is -0.909. The smallest absolute Gasteiger partial charge is 0.275 e. The van der Waals surface area contributed by atoms with Gasteiger partial charge >= 0.3 is 0 Å². The summed E-state index contributed by atoms with van der Waals surface area (Å²) in [7, 11) is 0. The maximum atomic E-state index is 13.6. The lowest BCUT2D eigenvalue weighted by molar-refractivity contribution is -0.128. The van der Waals surface area contributed by atoms with Gasteiger partial charge in [0.2, 0.25) is 5.91 Å². The third kappa shape index (κ3) is 3.21. The Morgan fingerprint density at radius 3 is 2.89 bits per heavy atom. The molecule has 0 spiro atoms. The van der Waals surface area contributed by atoms with Gasteiger partial charge in [0.1, 0.15) is 23.3 Å². The number of carbonyl (C=O) groups excluding carboxylic acids is 2. The molecule has 7 nitrogen and oxygen atoms in total. The molecule has 138 valence electrons. The van der Waals surface area contributed by atoms with Gasteiger partial charge in [-0.3, -0.25) is 14.7 Å². The molecule has 0 radical (unpaired) electrons. The van der Waals surface area contributed by atoms with E-state index < -0.39 is 17.8 Å². The Bertz CT molecular complexity index is 1010. The fourth-order valence-corrected chi connectivity index (χ4v) is 3.18. The zero-order chi connectivity index (χ0) is 19.0. The fourth-order valence-electron chi connectivity index (χ4n) is 3.18. The van der Waals surface area contributed by atoms with Crippen molar-refractivity contribution in [2.24, 2.45) is 0 Å². The van der Waals surface area contributed by atoms with Crippen LogP contribution in [0.2, 0.25) is 0 Å². The molecule has 2 N–H and O–H groups in total. The van der Waals surface area contributed by atoms with E-state index in [0.717, 1.165) is 5.76 Å². The SMILES string of the molecule is Cc1ccc(-c2cc(C(=O)N3CCNC(=O)[C@H]3c3cccc(F)c3)n[nH]2)o1. The van der Waals surface area contributed by atoms with Crippen molar-refractivity contribution in [2.75, 3.05) is 13.1 Å². The van der Waals surface area contributed by atoms with E-state index in [1.165, 1.54) is 23.1 Å². The Hall–Kier alpha value is -3.42. The quantitative estimate of drug-likeness (QED) is 0.743. The van der Waals surface area contributed by atoms with E-state index in [-0.39, 0.29) is 11.6 Å². The van der Waals surface area contributed by atoms with E-state index in [4.69, 9.17) is 4.42 Å². The summed E-state index contributed by atoms with van der Waals surface area (Å²) in [5, 5.41) is 9.57. The number of nitrogens with zero attached hydrogens (tertiary/aromatic N) is 2. The molecule has 3 heterocycles. The van der Waals surface area contributed by atoms with E-state index in [9.17, 15) is 14.0 Å². The molecule has 2 amide bonds. The molecule has 2 aromatic heterocycles. The molecule has 0 unspecified atom stereocenters. The molecule has 1 aliphatic heterocycles. The number of halogens is 1. The van der Waals surface area contributed by atoms with Gasteiger partial charge in [0, 0.05) is 19.2 Å². The lowest BCUT2D eigenvalue weighted by Crippen LogP contribution is -2.52. The first-order valence-corrected chi connectivity index (χ1v) is 8.49. The number of hydrogen-bond donors (Lipinski definition) is 2. The lowest BCUT2D eigenvalue weighted by atomic mass is 10.0. The summed E-state index contributed by atoms with van der Waals surface area (Å²) in [6, 6.07) is 9.96. The first-order valence-electron chi connectivity index (χ1n) is 8.49. The second kappa shape index (κ2) is 6.71. The van der Waals surface area contributed by atoms with Crippen LogP contribution in [0.5, 0.6) is 0 Å². The van der Waals surface area contributed by atoms with E-state index in [1.54, 1.807) is 18.2 Å². The molecule has 0 aliphatic carbocycles. The van der Waals surface area contributed by atoms with Crippen LogP contribution in [0, 0.1) is 12.7 Å². The molecule has 3 aromatic rings. The Morgan fingerprint density at radius 1 is 1.30 bits per heavy atom. The van der Waals surface area contributed by atoms with Crippen LogP contribution in [0.1, 0.15) is 27.9 Å². The van der Waals surface area contributed by atoms with Crippen molar-refractivity contribution in [1.82, 2.24) is 20.4 Å². The standard InChI is InChI=1S/C19H17FN4O3/c1-11-5-6-16(27-11)14-10-15(23-22-14)19(26)24-8-7-21-18(25)17(24)12-3-2-4-13(20)9-12/h2-6,9-10,17H,7-8H2,1H3,(H,21,25)(H,22,23)/t17-/m1/s1. The van der Waals surface area contributed by atoms with Crippen molar-refractivity contribution in [2.45, 2.75) is 13.0 Å². The molecule has 1 fully saturated rings. The number of furan rings is 1. The molecule has 1 aliphatic rings. The number of hydrogen-bond acceptors (Lipinski definition) is 4. The number of carbonyl (C=O) groups is 2. The van der Waals surface area contributed by atoms with Gasteiger partial charge < -0.3 is 14.6 Å². The van der Waals surface area contributed by atoms with Gasteiger partial charge in [-0.1, -0.05) is 12.1 Å².